The summed E-state index contributed by atoms with van der Waals surface area (Å²) in [4.78, 5) is 26.0. The Labute approximate surface area is 121 Å². The standard InChI is InChI=1S/C13H16ClN3O3/c14-12-11(17(19)20)10(6-7-15-12)13(18)16-8-9-4-2-1-3-5-9/h6-7,9H,1-5,8H2,(H,16,18). The Morgan fingerprint density at radius 1 is 1.45 bits per heavy atom. The maximum Gasteiger partial charge on any atom is 0.319 e. The Kier molecular flexibility index (Phi) is 4.89. The highest BCUT2D eigenvalue weighted by atomic mass is 35.5. The highest BCUT2D eigenvalue weighted by Crippen LogP contribution is 2.26. The van der Waals surface area contributed by atoms with Gasteiger partial charge in [0, 0.05) is 12.7 Å². The summed E-state index contributed by atoms with van der Waals surface area (Å²) in [5.41, 5.74) is -0.471. The summed E-state index contributed by atoms with van der Waals surface area (Å²) in [6.07, 6.45) is 7.10. The number of amides is 1. The second-order valence-corrected chi connectivity index (χ2v) is 5.33. The van der Waals surface area contributed by atoms with E-state index >= 15 is 0 Å². The maximum absolute atomic E-state index is 12.1. The van der Waals surface area contributed by atoms with Gasteiger partial charge < -0.3 is 5.32 Å². The van der Waals surface area contributed by atoms with Gasteiger partial charge in [-0.15, -0.1) is 0 Å². The summed E-state index contributed by atoms with van der Waals surface area (Å²) in [6, 6.07) is 1.32. The molecule has 0 saturated heterocycles. The van der Waals surface area contributed by atoms with Gasteiger partial charge >= 0.3 is 5.69 Å². The molecule has 1 amide bonds. The molecule has 7 heteroatoms. The molecular weight excluding hydrogens is 282 g/mol. The molecule has 2 rings (SSSR count). The summed E-state index contributed by atoms with van der Waals surface area (Å²) in [5, 5.41) is 13.5. The van der Waals surface area contributed by atoms with Crippen molar-refractivity contribution < 1.29 is 9.72 Å². The van der Waals surface area contributed by atoms with E-state index in [9.17, 15) is 14.9 Å². The smallest absolute Gasteiger partial charge is 0.319 e. The van der Waals surface area contributed by atoms with Crippen LogP contribution in [0.2, 0.25) is 5.15 Å². The van der Waals surface area contributed by atoms with Crippen molar-refractivity contribution in [3.8, 4) is 0 Å². The van der Waals surface area contributed by atoms with E-state index in [0.29, 0.717) is 12.5 Å². The van der Waals surface area contributed by atoms with Crippen LogP contribution in [0.3, 0.4) is 0 Å². The predicted octanol–water partition coefficient (Wildman–Crippen LogP) is 2.95. The van der Waals surface area contributed by atoms with Gasteiger partial charge in [-0.1, -0.05) is 30.9 Å². The van der Waals surface area contributed by atoms with Crippen LogP contribution in [0.15, 0.2) is 12.3 Å². The molecule has 1 N–H and O–H groups in total. The van der Waals surface area contributed by atoms with Gasteiger partial charge in [0.05, 0.1) is 4.92 Å². The molecule has 1 aromatic rings. The number of hydrogen-bond acceptors (Lipinski definition) is 4. The minimum absolute atomic E-state index is 0.0363. The van der Waals surface area contributed by atoms with Gasteiger partial charge in [0.2, 0.25) is 5.15 Å². The van der Waals surface area contributed by atoms with Gasteiger partial charge in [0.25, 0.3) is 5.91 Å². The number of nitrogens with zero attached hydrogens (tertiary/aromatic N) is 2. The highest BCUT2D eigenvalue weighted by Gasteiger charge is 2.25. The van der Waals surface area contributed by atoms with E-state index in [1.165, 1.54) is 31.5 Å². The summed E-state index contributed by atoms with van der Waals surface area (Å²) < 4.78 is 0. The molecule has 1 aliphatic rings. The number of hydrogen-bond donors (Lipinski definition) is 1. The molecule has 1 aliphatic carbocycles. The van der Waals surface area contributed by atoms with Gasteiger partial charge in [-0.3, -0.25) is 14.9 Å². The number of nitro groups is 1. The SMILES string of the molecule is O=C(NCC1CCCCC1)c1ccnc(Cl)c1[N+](=O)[O-]. The van der Waals surface area contributed by atoms with Crippen LogP contribution >= 0.6 is 11.6 Å². The molecule has 0 aliphatic heterocycles. The van der Waals surface area contributed by atoms with E-state index < -0.39 is 16.5 Å². The maximum atomic E-state index is 12.1. The molecule has 1 saturated carbocycles. The van der Waals surface area contributed by atoms with E-state index in [1.54, 1.807) is 0 Å². The molecule has 6 nitrogen and oxygen atoms in total. The van der Waals surface area contributed by atoms with Crippen molar-refractivity contribution in [2.45, 2.75) is 32.1 Å². The Hall–Kier alpha value is -1.69. The largest absolute Gasteiger partial charge is 0.352 e. The molecule has 0 atom stereocenters. The number of pyridine rings is 1. The van der Waals surface area contributed by atoms with E-state index in [0.717, 1.165) is 12.8 Å². The topological polar surface area (TPSA) is 85.1 Å². The predicted molar refractivity (Wildman–Crippen MR) is 74.8 cm³/mol. The van der Waals surface area contributed by atoms with Gasteiger partial charge in [-0.2, -0.15) is 0 Å². The summed E-state index contributed by atoms with van der Waals surface area (Å²) >= 11 is 5.68. The van der Waals surface area contributed by atoms with Gasteiger partial charge in [0.15, 0.2) is 0 Å². The second-order valence-electron chi connectivity index (χ2n) is 4.97. The molecule has 0 radical (unpaired) electrons. The summed E-state index contributed by atoms with van der Waals surface area (Å²) in [7, 11) is 0. The molecule has 0 bridgehead atoms. The number of aromatic nitrogens is 1. The van der Waals surface area contributed by atoms with Crippen LogP contribution in [0.5, 0.6) is 0 Å². The van der Waals surface area contributed by atoms with Crippen molar-refractivity contribution in [2.75, 3.05) is 6.54 Å². The molecule has 0 unspecified atom stereocenters. The first-order valence-corrected chi connectivity index (χ1v) is 7.04. The molecule has 20 heavy (non-hydrogen) atoms. The van der Waals surface area contributed by atoms with Crippen LogP contribution in [0, 0.1) is 16.0 Å². The van der Waals surface area contributed by atoms with Crippen LogP contribution in [-0.2, 0) is 0 Å². The van der Waals surface area contributed by atoms with E-state index in [4.69, 9.17) is 11.6 Å². The van der Waals surface area contributed by atoms with Crippen molar-refractivity contribution in [2.24, 2.45) is 5.92 Å². The van der Waals surface area contributed by atoms with Crippen LogP contribution in [0.1, 0.15) is 42.5 Å². The quantitative estimate of drug-likeness (QED) is 0.526. The first kappa shape index (κ1) is 14.7. The Bertz CT molecular complexity index is 516. The summed E-state index contributed by atoms with van der Waals surface area (Å²) in [6.45, 7) is 0.552. The van der Waals surface area contributed by atoms with E-state index in [1.807, 2.05) is 0 Å². The second kappa shape index (κ2) is 6.65. The lowest BCUT2D eigenvalue weighted by atomic mass is 9.89. The minimum Gasteiger partial charge on any atom is -0.352 e. The number of halogens is 1. The molecular formula is C13H16ClN3O3. The Morgan fingerprint density at radius 2 is 2.15 bits per heavy atom. The molecule has 1 fully saturated rings. The Balaban J connectivity index is 2.05. The Morgan fingerprint density at radius 3 is 2.80 bits per heavy atom. The van der Waals surface area contributed by atoms with Gasteiger partial charge in [0.1, 0.15) is 5.56 Å². The first-order valence-electron chi connectivity index (χ1n) is 6.66. The van der Waals surface area contributed by atoms with E-state index in [2.05, 4.69) is 10.3 Å². The van der Waals surface area contributed by atoms with Crippen LogP contribution in [-0.4, -0.2) is 22.4 Å². The third-order valence-electron chi connectivity index (χ3n) is 3.58. The zero-order chi connectivity index (χ0) is 14.5. The van der Waals surface area contributed by atoms with Crippen LogP contribution in [0.4, 0.5) is 5.69 Å². The lowest BCUT2D eigenvalue weighted by Crippen LogP contribution is -2.30. The van der Waals surface area contributed by atoms with Crippen molar-refractivity contribution in [3.05, 3.63) is 33.1 Å². The van der Waals surface area contributed by atoms with Crippen molar-refractivity contribution in [1.82, 2.24) is 10.3 Å². The molecule has 1 aromatic heterocycles. The lowest BCUT2D eigenvalue weighted by molar-refractivity contribution is -0.385. The zero-order valence-electron chi connectivity index (χ0n) is 11.0. The average Bonchev–Trinajstić information content (AvgIpc) is 2.45. The zero-order valence-corrected chi connectivity index (χ0v) is 11.7. The third kappa shape index (κ3) is 3.45. The number of carbonyl (C=O) groups excluding carboxylic acids is 1. The fourth-order valence-corrected chi connectivity index (χ4v) is 2.74. The highest BCUT2D eigenvalue weighted by molar-refractivity contribution is 6.32. The van der Waals surface area contributed by atoms with Gasteiger partial charge in [-0.25, -0.2) is 4.98 Å². The normalized spacial score (nSPS) is 15.8. The fraction of sp³-hybridized carbons (Fsp3) is 0.538. The summed E-state index contributed by atoms with van der Waals surface area (Å²) in [5.74, 6) is -0.00404. The monoisotopic (exact) mass is 297 g/mol. The molecule has 1 heterocycles. The van der Waals surface area contributed by atoms with Gasteiger partial charge in [-0.05, 0) is 24.8 Å². The number of rotatable bonds is 4. The lowest BCUT2D eigenvalue weighted by Gasteiger charge is -2.21. The molecule has 0 aromatic carbocycles. The van der Waals surface area contributed by atoms with Crippen molar-refractivity contribution >= 4 is 23.2 Å². The number of carbonyl (C=O) groups is 1. The van der Waals surface area contributed by atoms with E-state index in [-0.39, 0.29) is 10.7 Å². The fourth-order valence-electron chi connectivity index (χ4n) is 2.51. The van der Waals surface area contributed by atoms with Crippen LogP contribution < -0.4 is 5.32 Å². The minimum atomic E-state index is -0.676. The van der Waals surface area contributed by atoms with Crippen LogP contribution in [0.25, 0.3) is 0 Å². The third-order valence-corrected chi connectivity index (χ3v) is 3.86. The molecule has 0 spiro atoms. The van der Waals surface area contributed by atoms with Crippen molar-refractivity contribution in [1.29, 1.82) is 0 Å². The average molecular weight is 298 g/mol. The first-order chi connectivity index (χ1) is 9.59. The van der Waals surface area contributed by atoms with Crippen molar-refractivity contribution in [3.63, 3.8) is 0 Å². The number of nitrogens with one attached hydrogen (secondary N) is 1. The molecule has 108 valence electrons.